The summed E-state index contributed by atoms with van der Waals surface area (Å²) >= 11 is 5.91. The van der Waals surface area contributed by atoms with Crippen LogP contribution in [0.3, 0.4) is 0 Å². The first-order chi connectivity index (χ1) is 10.2. The van der Waals surface area contributed by atoms with Crippen LogP contribution in [0.25, 0.3) is 5.65 Å². The Kier molecular flexibility index (Phi) is 4.23. The van der Waals surface area contributed by atoms with E-state index in [1.807, 2.05) is 0 Å². The number of ether oxygens (including phenoxy) is 2. The summed E-state index contributed by atoms with van der Waals surface area (Å²) in [4.78, 5) is 31.5. The van der Waals surface area contributed by atoms with Gasteiger partial charge in [-0.2, -0.15) is 0 Å². The van der Waals surface area contributed by atoms with Gasteiger partial charge in [0.1, 0.15) is 10.8 Å². The molecule has 2 aromatic heterocycles. The van der Waals surface area contributed by atoms with Crippen molar-refractivity contribution in [2.45, 2.75) is 26.4 Å². The summed E-state index contributed by atoms with van der Waals surface area (Å²) in [5.74, 6) is -0.505. The van der Waals surface area contributed by atoms with Gasteiger partial charge in [0.15, 0.2) is 17.2 Å². The summed E-state index contributed by atoms with van der Waals surface area (Å²) in [6, 6.07) is 0. The highest BCUT2D eigenvalue weighted by atomic mass is 35.5. The molecular weight excluding hydrogens is 312 g/mol. The van der Waals surface area contributed by atoms with Gasteiger partial charge in [0, 0.05) is 6.20 Å². The number of esters is 1. The molecule has 0 aliphatic heterocycles. The van der Waals surface area contributed by atoms with Gasteiger partial charge in [-0.25, -0.2) is 19.6 Å². The second-order valence-corrected chi connectivity index (χ2v) is 5.76. The molecule has 1 amide bonds. The minimum Gasteiger partial charge on any atom is -0.464 e. The molecule has 0 aromatic carbocycles. The average Bonchev–Trinajstić information content (AvgIpc) is 2.79. The molecule has 0 aliphatic rings. The Labute approximate surface area is 131 Å². The fourth-order valence-corrected chi connectivity index (χ4v) is 1.88. The zero-order chi connectivity index (χ0) is 16.5. The average molecular weight is 327 g/mol. The zero-order valence-corrected chi connectivity index (χ0v) is 13.3. The summed E-state index contributed by atoms with van der Waals surface area (Å²) in [5, 5.41) is 2.53. The first-order valence-electron chi connectivity index (χ1n) is 6.33. The van der Waals surface area contributed by atoms with E-state index in [-0.39, 0.29) is 22.3 Å². The number of rotatable bonds is 2. The SMILES string of the molecule is COC(=O)c1cnc2c(NC(=O)OC(C)(C)C)nc(Cl)cn12. The maximum Gasteiger partial charge on any atom is 0.413 e. The van der Waals surface area contributed by atoms with Crippen LogP contribution in [-0.2, 0) is 9.47 Å². The molecule has 0 bridgehead atoms. The molecular formula is C13H15ClN4O4. The Morgan fingerprint density at radius 2 is 2.05 bits per heavy atom. The van der Waals surface area contributed by atoms with E-state index in [4.69, 9.17) is 16.3 Å². The van der Waals surface area contributed by atoms with Crippen LogP contribution in [0.2, 0.25) is 5.15 Å². The van der Waals surface area contributed by atoms with Crippen molar-refractivity contribution in [3.63, 3.8) is 0 Å². The Morgan fingerprint density at radius 3 is 2.64 bits per heavy atom. The number of halogens is 1. The molecule has 1 N–H and O–H groups in total. The highest BCUT2D eigenvalue weighted by molar-refractivity contribution is 6.29. The third-order valence-electron chi connectivity index (χ3n) is 2.48. The fraction of sp³-hybridized carbons (Fsp3) is 0.385. The van der Waals surface area contributed by atoms with Crippen molar-refractivity contribution in [2.24, 2.45) is 0 Å². The van der Waals surface area contributed by atoms with Gasteiger partial charge in [0.2, 0.25) is 0 Å². The molecule has 0 radical (unpaired) electrons. The van der Waals surface area contributed by atoms with Crippen LogP contribution in [0.15, 0.2) is 12.4 Å². The summed E-state index contributed by atoms with van der Waals surface area (Å²) in [7, 11) is 1.25. The second-order valence-electron chi connectivity index (χ2n) is 5.37. The van der Waals surface area contributed by atoms with Crippen molar-refractivity contribution in [1.29, 1.82) is 0 Å². The molecule has 0 saturated heterocycles. The molecule has 0 spiro atoms. The van der Waals surface area contributed by atoms with Gasteiger partial charge in [-0.3, -0.25) is 9.72 Å². The van der Waals surface area contributed by atoms with Crippen LogP contribution in [0.4, 0.5) is 10.6 Å². The number of amides is 1. The van der Waals surface area contributed by atoms with Gasteiger partial charge >= 0.3 is 12.1 Å². The van der Waals surface area contributed by atoms with Crippen LogP contribution < -0.4 is 5.32 Å². The van der Waals surface area contributed by atoms with Gasteiger partial charge in [-0.1, -0.05) is 11.6 Å². The third-order valence-corrected chi connectivity index (χ3v) is 2.66. The van der Waals surface area contributed by atoms with E-state index < -0.39 is 17.7 Å². The lowest BCUT2D eigenvalue weighted by atomic mass is 10.2. The highest BCUT2D eigenvalue weighted by Crippen LogP contribution is 2.20. The summed E-state index contributed by atoms with van der Waals surface area (Å²) in [6.45, 7) is 5.20. The summed E-state index contributed by atoms with van der Waals surface area (Å²) < 4.78 is 11.2. The smallest absolute Gasteiger partial charge is 0.413 e. The standard InChI is InChI=1S/C13H15ClN4O4/c1-13(2,3)22-12(20)17-9-10-15-5-7(11(19)21-4)18(10)6-8(14)16-9/h5-6H,1-4H3,(H,16,17,20). The topological polar surface area (TPSA) is 94.8 Å². The number of aromatic nitrogens is 3. The normalized spacial score (nSPS) is 11.3. The molecule has 2 aromatic rings. The molecule has 0 fully saturated rings. The number of methoxy groups -OCH3 is 1. The number of anilines is 1. The number of nitrogens with zero attached hydrogens (tertiary/aromatic N) is 3. The third kappa shape index (κ3) is 3.45. The largest absolute Gasteiger partial charge is 0.464 e. The highest BCUT2D eigenvalue weighted by Gasteiger charge is 2.20. The van der Waals surface area contributed by atoms with E-state index in [2.05, 4.69) is 20.0 Å². The lowest BCUT2D eigenvalue weighted by molar-refractivity contribution is 0.0591. The minimum atomic E-state index is -0.702. The Balaban J connectivity index is 2.40. The molecule has 9 heteroatoms. The molecule has 0 saturated carbocycles. The second kappa shape index (κ2) is 5.80. The number of carbonyl (C=O) groups excluding carboxylic acids is 2. The lowest BCUT2D eigenvalue weighted by Crippen LogP contribution is -2.27. The monoisotopic (exact) mass is 326 g/mol. The van der Waals surface area contributed by atoms with Gasteiger partial charge in [-0.15, -0.1) is 0 Å². The predicted octanol–water partition coefficient (Wildman–Crippen LogP) is 2.52. The van der Waals surface area contributed by atoms with Crippen molar-refractivity contribution in [2.75, 3.05) is 12.4 Å². The first kappa shape index (κ1) is 16.0. The van der Waals surface area contributed by atoms with E-state index >= 15 is 0 Å². The minimum absolute atomic E-state index is 0.0710. The fourth-order valence-electron chi connectivity index (χ4n) is 1.70. The van der Waals surface area contributed by atoms with Crippen LogP contribution in [0, 0.1) is 0 Å². The van der Waals surface area contributed by atoms with Crippen molar-refractivity contribution >= 4 is 35.1 Å². The van der Waals surface area contributed by atoms with Crippen LogP contribution in [0.1, 0.15) is 31.3 Å². The molecule has 8 nitrogen and oxygen atoms in total. The zero-order valence-electron chi connectivity index (χ0n) is 12.5. The number of carbonyl (C=O) groups is 2. The lowest BCUT2D eigenvalue weighted by Gasteiger charge is -2.19. The molecule has 2 rings (SSSR count). The molecule has 0 atom stereocenters. The molecule has 0 unspecified atom stereocenters. The number of hydrogen-bond acceptors (Lipinski definition) is 6. The number of hydrogen-bond donors (Lipinski definition) is 1. The number of nitrogens with one attached hydrogen (secondary N) is 1. The maximum atomic E-state index is 11.8. The van der Waals surface area contributed by atoms with Crippen molar-refractivity contribution < 1.29 is 19.1 Å². The van der Waals surface area contributed by atoms with E-state index in [9.17, 15) is 9.59 Å². The van der Waals surface area contributed by atoms with Crippen LogP contribution in [0.5, 0.6) is 0 Å². The van der Waals surface area contributed by atoms with Crippen LogP contribution >= 0.6 is 11.6 Å². The Hall–Kier alpha value is -2.35. The van der Waals surface area contributed by atoms with Gasteiger partial charge in [-0.05, 0) is 20.8 Å². The van der Waals surface area contributed by atoms with E-state index in [0.29, 0.717) is 0 Å². The first-order valence-corrected chi connectivity index (χ1v) is 6.71. The van der Waals surface area contributed by atoms with E-state index in [0.717, 1.165) is 0 Å². The van der Waals surface area contributed by atoms with Crippen LogP contribution in [-0.4, -0.2) is 39.1 Å². The molecule has 0 aliphatic carbocycles. The van der Waals surface area contributed by atoms with Gasteiger partial charge in [0.25, 0.3) is 0 Å². The molecule has 2 heterocycles. The van der Waals surface area contributed by atoms with Crippen molar-refractivity contribution in [3.05, 3.63) is 23.2 Å². The maximum absolute atomic E-state index is 11.8. The Morgan fingerprint density at radius 1 is 1.36 bits per heavy atom. The van der Waals surface area contributed by atoms with Crippen molar-refractivity contribution in [1.82, 2.24) is 14.4 Å². The summed E-state index contributed by atoms with van der Waals surface area (Å²) in [5.41, 5.74) is -0.254. The molecule has 22 heavy (non-hydrogen) atoms. The quantitative estimate of drug-likeness (QED) is 0.852. The predicted molar refractivity (Wildman–Crippen MR) is 79.2 cm³/mol. The van der Waals surface area contributed by atoms with E-state index in [1.165, 1.54) is 23.9 Å². The number of fused-ring (bicyclic) bond motifs is 1. The van der Waals surface area contributed by atoms with Crippen molar-refractivity contribution in [3.8, 4) is 0 Å². The summed E-state index contributed by atoms with van der Waals surface area (Å²) in [6.07, 6.45) is 2.00. The van der Waals surface area contributed by atoms with Gasteiger partial charge in [0.05, 0.1) is 13.3 Å². The molecule has 118 valence electrons. The number of imidazole rings is 1. The van der Waals surface area contributed by atoms with Gasteiger partial charge < -0.3 is 9.47 Å². The Bertz CT molecular complexity index is 735. The van der Waals surface area contributed by atoms with E-state index in [1.54, 1.807) is 20.8 Å².